The monoisotopic (exact) mass is 359 g/mol. The average Bonchev–Trinajstić information content (AvgIpc) is 3.17. The van der Waals surface area contributed by atoms with Crippen LogP contribution in [0.4, 0.5) is 0 Å². The number of ether oxygens (including phenoxy) is 1. The highest BCUT2D eigenvalue weighted by Gasteiger charge is 2.44. The fourth-order valence-electron chi connectivity index (χ4n) is 1.84. The highest BCUT2D eigenvalue weighted by Crippen LogP contribution is 2.52. The molecule has 20 heavy (non-hydrogen) atoms. The van der Waals surface area contributed by atoms with Gasteiger partial charge in [0.05, 0.1) is 19.1 Å². The predicted molar refractivity (Wildman–Crippen MR) is 77.9 cm³/mol. The van der Waals surface area contributed by atoms with E-state index in [-0.39, 0.29) is 16.9 Å². The van der Waals surface area contributed by atoms with Crippen LogP contribution in [0.1, 0.15) is 29.6 Å². The van der Waals surface area contributed by atoms with E-state index in [4.69, 9.17) is 4.74 Å². The molecular weight excluding hydrogens is 346 g/mol. The van der Waals surface area contributed by atoms with Crippen LogP contribution < -0.4 is 0 Å². The Bertz CT molecular complexity index is 545. The molecule has 0 bridgehead atoms. The van der Waals surface area contributed by atoms with Gasteiger partial charge in [-0.25, -0.2) is 9.78 Å². The Labute approximate surface area is 129 Å². The molecule has 1 saturated carbocycles. The summed E-state index contributed by atoms with van der Waals surface area (Å²) in [4.78, 5) is 26.7. The van der Waals surface area contributed by atoms with Crippen LogP contribution in [0.2, 0.25) is 0 Å². The molecule has 1 aliphatic rings. The zero-order valence-corrected chi connectivity index (χ0v) is 13.3. The lowest BCUT2D eigenvalue weighted by atomic mass is 10.1. The number of hydrogen-bond acceptors (Lipinski definition) is 5. The highest BCUT2D eigenvalue weighted by atomic mass is 79.9. The summed E-state index contributed by atoms with van der Waals surface area (Å²) in [5, 5.41) is 9.65. The molecule has 2 rings (SSSR count). The van der Waals surface area contributed by atoms with Gasteiger partial charge in [-0.2, -0.15) is 0 Å². The Kier molecular flexibility index (Phi) is 4.70. The molecule has 7 heteroatoms. The fraction of sp³-hybridized carbons (Fsp3) is 0.462. The van der Waals surface area contributed by atoms with Gasteiger partial charge in [0.1, 0.15) is 5.03 Å². The minimum absolute atomic E-state index is 0.0533. The van der Waals surface area contributed by atoms with E-state index in [0.717, 1.165) is 12.8 Å². The van der Waals surface area contributed by atoms with Gasteiger partial charge in [-0.05, 0) is 40.3 Å². The standard InChI is InChI=1S/C13H14BrNO4S/c1-19-10(16)5-13(2-3-13)7-20-11-9(12(17)18)4-8(14)6-15-11/h4,6H,2-3,5,7H2,1H3,(H,17,18). The van der Waals surface area contributed by atoms with Gasteiger partial charge in [0.25, 0.3) is 0 Å². The third kappa shape index (κ3) is 3.73. The van der Waals surface area contributed by atoms with Gasteiger partial charge < -0.3 is 9.84 Å². The number of pyridine rings is 1. The van der Waals surface area contributed by atoms with Crippen LogP contribution in [-0.2, 0) is 9.53 Å². The summed E-state index contributed by atoms with van der Waals surface area (Å²) >= 11 is 4.60. The van der Waals surface area contributed by atoms with Crippen molar-refractivity contribution in [2.24, 2.45) is 5.41 Å². The number of carbonyl (C=O) groups excluding carboxylic acids is 1. The molecule has 108 valence electrons. The first kappa shape index (κ1) is 15.3. The van der Waals surface area contributed by atoms with Gasteiger partial charge in [0.15, 0.2) is 0 Å². The molecule has 0 atom stereocenters. The molecule has 1 N–H and O–H groups in total. The maximum Gasteiger partial charge on any atom is 0.338 e. The predicted octanol–water partition coefficient (Wildman–Crippen LogP) is 2.98. The maximum absolute atomic E-state index is 11.4. The van der Waals surface area contributed by atoms with Gasteiger partial charge in [-0.15, -0.1) is 11.8 Å². The largest absolute Gasteiger partial charge is 0.478 e. The molecule has 0 aromatic carbocycles. The van der Waals surface area contributed by atoms with Crippen LogP contribution in [-0.4, -0.2) is 34.9 Å². The SMILES string of the molecule is COC(=O)CC1(CSc2ncc(Br)cc2C(=O)O)CC1. The number of carbonyl (C=O) groups is 2. The number of aromatic carboxylic acids is 1. The molecule has 1 aromatic rings. The van der Waals surface area contributed by atoms with Crippen molar-refractivity contribution in [1.82, 2.24) is 4.98 Å². The van der Waals surface area contributed by atoms with Crippen LogP contribution in [0.3, 0.4) is 0 Å². The molecular formula is C13H14BrNO4S. The molecule has 0 saturated heterocycles. The van der Waals surface area contributed by atoms with Crippen molar-refractivity contribution in [2.75, 3.05) is 12.9 Å². The summed E-state index contributed by atoms with van der Waals surface area (Å²) in [5.74, 6) is -0.541. The van der Waals surface area contributed by atoms with E-state index >= 15 is 0 Å². The molecule has 0 amide bonds. The van der Waals surface area contributed by atoms with Crippen LogP contribution in [0.5, 0.6) is 0 Å². The van der Waals surface area contributed by atoms with E-state index in [1.807, 2.05) is 0 Å². The molecule has 0 aliphatic heterocycles. The van der Waals surface area contributed by atoms with Crippen molar-refractivity contribution in [2.45, 2.75) is 24.3 Å². The third-order valence-corrected chi connectivity index (χ3v) is 5.06. The molecule has 0 radical (unpaired) electrons. The first-order chi connectivity index (χ1) is 9.46. The Morgan fingerprint density at radius 3 is 2.80 bits per heavy atom. The number of aromatic nitrogens is 1. The van der Waals surface area contributed by atoms with E-state index < -0.39 is 5.97 Å². The van der Waals surface area contributed by atoms with Crippen molar-refractivity contribution in [3.8, 4) is 0 Å². The lowest BCUT2D eigenvalue weighted by Gasteiger charge is -2.13. The third-order valence-electron chi connectivity index (χ3n) is 3.27. The Morgan fingerprint density at radius 1 is 1.55 bits per heavy atom. The average molecular weight is 360 g/mol. The number of esters is 1. The van der Waals surface area contributed by atoms with Crippen molar-refractivity contribution in [3.05, 3.63) is 22.3 Å². The van der Waals surface area contributed by atoms with E-state index in [0.29, 0.717) is 21.7 Å². The minimum Gasteiger partial charge on any atom is -0.478 e. The lowest BCUT2D eigenvalue weighted by Crippen LogP contribution is -2.13. The highest BCUT2D eigenvalue weighted by molar-refractivity contribution is 9.10. The lowest BCUT2D eigenvalue weighted by molar-refractivity contribution is -0.141. The van der Waals surface area contributed by atoms with Crippen LogP contribution in [0, 0.1) is 5.41 Å². The summed E-state index contributed by atoms with van der Waals surface area (Å²) in [5.41, 5.74) is 0.126. The van der Waals surface area contributed by atoms with Crippen molar-refractivity contribution in [1.29, 1.82) is 0 Å². The summed E-state index contributed by atoms with van der Waals surface area (Å²) in [6.07, 6.45) is 3.89. The summed E-state index contributed by atoms with van der Waals surface area (Å²) in [6.45, 7) is 0. The fourth-order valence-corrected chi connectivity index (χ4v) is 3.44. The maximum atomic E-state index is 11.4. The number of rotatable bonds is 6. The number of hydrogen-bond donors (Lipinski definition) is 1. The van der Waals surface area contributed by atoms with E-state index in [1.165, 1.54) is 24.9 Å². The summed E-state index contributed by atoms with van der Waals surface area (Å²) in [6, 6.07) is 1.54. The van der Waals surface area contributed by atoms with Crippen molar-refractivity contribution in [3.63, 3.8) is 0 Å². The van der Waals surface area contributed by atoms with Gasteiger partial charge in [0, 0.05) is 16.4 Å². The number of halogens is 1. The summed E-state index contributed by atoms with van der Waals surface area (Å²) in [7, 11) is 1.38. The normalized spacial score (nSPS) is 15.7. The van der Waals surface area contributed by atoms with Gasteiger partial charge in [-0.1, -0.05) is 0 Å². The molecule has 1 fully saturated rings. The van der Waals surface area contributed by atoms with E-state index in [9.17, 15) is 14.7 Å². The Balaban J connectivity index is 2.04. The minimum atomic E-state index is -1.00. The smallest absolute Gasteiger partial charge is 0.338 e. The van der Waals surface area contributed by atoms with Crippen molar-refractivity contribution >= 4 is 39.6 Å². The van der Waals surface area contributed by atoms with Crippen LogP contribution in [0.15, 0.2) is 21.8 Å². The second kappa shape index (κ2) is 6.13. The second-order valence-electron chi connectivity index (χ2n) is 4.85. The quantitative estimate of drug-likeness (QED) is 0.621. The number of nitrogens with zero attached hydrogens (tertiary/aromatic N) is 1. The Hall–Kier alpha value is -1.08. The molecule has 5 nitrogen and oxygen atoms in total. The van der Waals surface area contributed by atoms with Gasteiger partial charge >= 0.3 is 11.9 Å². The second-order valence-corrected chi connectivity index (χ2v) is 6.73. The topological polar surface area (TPSA) is 76.5 Å². The molecule has 0 spiro atoms. The number of carboxylic acids is 1. The zero-order chi connectivity index (χ0) is 14.8. The number of carboxylic acid groups (broad SMARTS) is 1. The zero-order valence-electron chi connectivity index (χ0n) is 10.9. The van der Waals surface area contributed by atoms with Gasteiger partial charge in [-0.3, -0.25) is 4.79 Å². The molecule has 1 aliphatic carbocycles. The summed E-state index contributed by atoms with van der Waals surface area (Å²) < 4.78 is 5.33. The van der Waals surface area contributed by atoms with E-state index in [2.05, 4.69) is 20.9 Å². The number of methoxy groups -OCH3 is 1. The van der Waals surface area contributed by atoms with Gasteiger partial charge in [0.2, 0.25) is 0 Å². The first-order valence-corrected chi connectivity index (χ1v) is 7.82. The van der Waals surface area contributed by atoms with Crippen LogP contribution >= 0.6 is 27.7 Å². The molecule has 1 heterocycles. The van der Waals surface area contributed by atoms with Crippen LogP contribution in [0.25, 0.3) is 0 Å². The number of thioether (sulfide) groups is 1. The van der Waals surface area contributed by atoms with Crippen molar-refractivity contribution < 1.29 is 19.4 Å². The first-order valence-electron chi connectivity index (χ1n) is 6.04. The Morgan fingerprint density at radius 2 is 2.25 bits per heavy atom. The molecule has 0 unspecified atom stereocenters. The molecule has 1 aromatic heterocycles. The van der Waals surface area contributed by atoms with E-state index in [1.54, 1.807) is 6.20 Å².